The Balaban J connectivity index is 2.78. The fraction of sp³-hybridized carbons (Fsp3) is 0.222. The molecule has 0 unspecified atom stereocenters. The fourth-order valence-electron chi connectivity index (χ4n) is 1.29. The molecule has 1 heterocycles. The number of fused-ring (bicyclic) bond motifs is 1. The maximum absolute atomic E-state index is 5.16. The number of methoxy groups -OCH3 is 1. The van der Waals surface area contributed by atoms with Gasteiger partial charge in [0.05, 0.1) is 12.6 Å². The highest BCUT2D eigenvalue weighted by atomic mass is 16.5. The predicted octanol–water partition coefficient (Wildman–Crippen LogP) is 1.88. The van der Waals surface area contributed by atoms with Crippen LogP contribution in [0.2, 0.25) is 0 Å². The molecule has 0 aliphatic heterocycles. The summed E-state index contributed by atoms with van der Waals surface area (Å²) in [4.78, 5) is 7.45. The van der Waals surface area contributed by atoms with Crippen molar-refractivity contribution in [2.24, 2.45) is 0 Å². The van der Waals surface area contributed by atoms with Gasteiger partial charge in [-0.2, -0.15) is 0 Å². The van der Waals surface area contributed by atoms with Crippen molar-refractivity contribution in [3.05, 3.63) is 24.0 Å². The number of para-hydroxylation sites is 1. The largest absolute Gasteiger partial charge is 0.494 e. The van der Waals surface area contributed by atoms with Crippen LogP contribution >= 0.6 is 0 Å². The number of hydrogen-bond donors (Lipinski definition) is 1. The lowest BCUT2D eigenvalue weighted by molar-refractivity contribution is 0.419. The zero-order chi connectivity index (χ0) is 8.55. The Labute approximate surface area is 70.4 Å². The molecule has 3 nitrogen and oxygen atoms in total. The average molecular weight is 162 g/mol. The summed E-state index contributed by atoms with van der Waals surface area (Å²) in [5, 5.41) is 0. The highest BCUT2D eigenvalue weighted by Crippen LogP contribution is 2.22. The van der Waals surface area contributed by atoms with Gasteiger partial charge in [0.1, 0.15) is 17.1 Å². The zero-order valence-corrected chi connectivity index (χ0v) is 7.09. The summed E-state index contributed by atoms with van der Waals surface area (Å²) in [6, 6.07) is 5.83. The maximum Gasteiger partial charge on any atom is 0.146 e. The lowest BCUT2D eigenvalue weighted by Gasteiger charge is -1.97. The number of aryl methyl sites for hydroxylation is 1. The molecule has 3 heteroatoms. The van der Waals surface area contributed by atoms with E-state index in [1.54, 1.807) is 7.11 Å². The van der Waals surface area contributed by atoms with Crippen LogP contribution in [0.4, 0.5) is 0 Å². The topological polar surface area (TPSA) is 37.9 Å². The lowest BCUT2D eigenvalue weighted by atomic mass is 10.3. The number of nitrogens with one attached hydrogen (secondary N) is 1. The Kier molecular flexibility index (Phi) is 1.50. The Morgan fingerprint density at radius 3 is 3.00 bits per heavy atom. The highest BCUT2D eigenvalue weighted by Gasteiger charge is 2.03. The SMILES string of the molecule is COc1cccc2[nH]c(C)nc12. The van der Waals surface area contributed by atoms with Crippen LogP contribution in [0.1, 0.15) is 5.82 Å². The minimum atomic E-state index is 0.817. The number of imidazole rings is 1. The Hall–Kier alpha value is -1.51. The molecule has 2 aromatic rings. The monoisotopic (exact) mass is 162 g/mol. The molecule has 0 saturated carbocycles. The molecule has 1 aromatic carbocycles. The van der Waals surface area contributed by atoms with E-state index in [4.69, 9.17) is 4.74 Å². The number of H-pyrrole nitrogens is 1. The quantitative estimate of drug-likeness (QED) is 0.695. The van der Waals surface area contributed by atoms with Crippen molar-refractivity contribution in [2.45, 2.75) is 6.92 Å². The molecule has 62 valence electrons. The van der Waals surface area contributed by atoms with Crippen molar-refractivity contribution in [3.8, 4) is 5.75 Å². The summed E-state index contributed by atoms with van der Waals surface area (Å²) in [6.07, 6.45) is 0. The van der Waals surface area contributed by atoms with Crippen LogP contribution in [0.5, 0.6) is 5.75 Å². The van der Waals surface area contributed by atoms with E-state index in [1.807, 2.05) is 25.1 Å². The molecule has 0 radical (unpaired) electrons. The molecular weight excluding hydrogens is 152 g/mol. The molecule has 0 aliphatic rings. The smallest absolute Gasteiger partial charge is 0.146 e. The molecule has 1 aromatic heterocycles. The van der Waals surface area contributed by atoms with Crippen LogP contribution in [-0.2, 0) is 0 Å². The molecular formula is C9H10N2O. The van der Waals surface area contributed by atoms with Gasteiger partial charge in [-0.1, -0.05) is 6.07 Å². The summed E-state index contributed by atoms with van der Waals surface area (Å²) in [5.41, 5.74) is 1.92. The summed E-state index contributed by atoms with van der Waals surface area (Å²) < 4.78 is 5.16. The van der Waals surface area contributed by atoms with E-state index < -0.39 is 0 Å². The van der Waals surface area contributed by atoms with Crippen LogP contribution < -0.4 is 4.74 Å². The van der Waals surface area contributed by atoms with Crippen molar-refractivity contribution in [1.29, 1.82) is 0 Å². The van der Waals surface area contributed by atoms with Gasteiger partial charge in [0.2, 0.25) is 0 Å². The van der Waals surface area contributed by atoms with E-state index in [0.717, 1.165) is 22.6 Å². The second-order valence-corrected chi connectivity index (χ2v) is 2.68. The van der Waals surface area contributed by atoms with E-state index in [1.165, 1.54) is 0 Å². The van der Waals surface area contributed by atoms with Crippen molar-refractivity contribution in [3.63, 3.8) is 0 Å². The summed E-state index contributed by atoms with van der Waals surface area (Å²) in [5.74, 6) is 1.73. The number of benzene rings is 1. The molecule has 0 aliphatic carbocycles. The number of aromatic amines is 1. The third-order valence-corrected chi connectivity index (χ3v) is 1.81. The number of rotatable bonds is 1. The van der Waals surface area contributed by atoms with Gasteiger partial charge in [0.25, 0.3) is 0 Å². The minimum absolute atomic E-state index is 0.817. The number of nitrogens with zero attached hydrogens (tertiary/aromatic N) is 1. The van der Waals surface area contributed by atoms with Gasteiger partial charge >= 0.3 is 0 Å². The first-order chi connectivity index (χ1) is 5.81. The molecule has 12 heavy (non-hydrogen) atoms. The van der Waals surface area contributed by atoms with Crippen LogP contribution in [0.3, 0.4) is 0 Å². The predicted molar refractivity (Wildman–Crippen MR) is 47.4 cm³/mol. The molecule has 2 rings (SSSR count). The molecule has 0 atom stereocenters. The third-order valence-electron chi connectivity index (χ3n) is 1.81. The first-order valence-corrected chi connectivity index (χ1v) is 3.80. The first kappa shape index (κ1) is 7.16. The van der Waals surface area contributed by atoms with E-state index in [0.29, 0.717) is 0 Å². The third kappa shape index (κ3) is 0.942. The van der Waals surface area contributed by atoms with Gasteiger partial charge in [-0.3, -0.25) is 0 Å². The van der Waals surface area contributed by atoms with E-state index >= 15 is 0 Å². The summed E-state index contributed by atoms with van der Waals surface area (Å²) in [7, 11) is 1.65. The second kappa shape index (κ2) is 2.52. The van der Waals surface area contributed by atoms with Crippen molar-refractivity contribution < 1.29 is 4.74 Å². The minimum Gasteiger partial charge on any atom is -0.494 e. The van der Waals surface area contributed by atoms with Crippen LogP contribution in [0.15, 0.2) is 18.2 Å². The fourth-order valence-corrected chi connectivity index (χ4v) is 1.29. The van der Waals surface area contributed by atoms with Gasteiger partial charge in [0.15, 0.2) is 0 Å². The van der Waals surface area contributed by atoms with Gasteiger partial charge in [0, 0.05) is 0 Å². The number of aromatic nitrogens is 2. The Bertz CT molecular complexity index is 406. The van der Waals surface area contributed by atoms with E-state index in [-0.39, 0.29) is 0 Å². The standard InChI is InChI=1S/C9H10N2O/c1-6-10-7-4-3-5-8(12-2)9(7)11-6/h3-5H,1-2H3,(H,10,11). The molecule has 0 fully saturated rings. The Morgan fingerprint density at radius 2 is 2.25 bits per heavy atom. The van der Waals surface area contributed by atoms with Crippen molar-refractivity contribution in [2.75, 3.05) is 7.11 Å². The van der Waals surface area contributed by atoms with Crippen LogP contribution in [-0.4, -0.2) is 17.1 Å². The zero-order valence-electron chi connectivity index (χ0n) is 7.09. The molecule has 0 amide bonds. The number of ether oxygens (including phenoxy) is 1. The summed E-state index contributed by atoms with van der Waals surface area (Å²) >= 11 is 0. The second-order valence-electron chi connectivity index (χ2n) is 2.68. The van der Waals surface area contributed by atoms with Crippen LogP contribution in [0, 0.1) is 6.92 Å². The summed E-state index contributed by atoms with van der Waals surface area (Å²) in [6.45, 7) is 1.93. The van der Waals surface area contributed by atoms with Gasteiger partial charge < -0.3 is 9.72 Å². The van der Waals surface area contributed by atoms with Gasteiger partial charge in [-0.25, -0.2) is 4.98 Å². The number of hydrogen-bond acceptors (Lipinski definition) is 2. The van der Waals surface area contributed by atoms with Gasteiger partial charge in [-0.15, -0.1) is 0 Å². The normalized spacial score (nSPS) is 10.5. The molecule has 1 N–H and O–H groups in total. The maximum atomic E-state index is 5.16. The van der Waals surface area contributed by atoms with Gasteiger partial charge in [-0.05, 0) is 19.1 Å². The molecule has 0 spiro atoms. The molecule has 0 saturated heterocycles. The van der Waals surface area contributed by atoms with Crippen LogP contribution in [0.25, 0.3) is 11.0 Å². The Morgan fingerprint density at radius 1 is 1.42 bits per heavy atom. The lowest BCUT2D eigenvalue weighted by Crippen LogP contribution is -1.83. The van der Waals surface area contributed by atoms with Crippen molar-refractivity contribution in [1.82, 2.24) is 9.97 Å². The van der Waals surface area contributed by atoms with Crippen molar-refractivity contribution >= 4 is 11.0 Å². The average Bonchev–Trinajstić information content (AvgIpc) is 2.44. The van der Waals surface area contributed by atoms with E-state index in [9.17, 15) is 0 Å². The first-order valence-electron chi connectivity index (χ1n) is 3.80. The molecule has 0 bridgehead atoms. The van der Waals surface area contributed by atoms with E-state index in [2.05, 4.69) is 9.97 Å². The highest BCUT2D eigenvalue weighted by molar-refractivity contribution is 5.81.